The minimum Gasteiger partial charge on any atom is -0.340 e. The monoisotopic (exact) mass is 336 g/mol. The summed E-state index contributed by atoms with van der Waals surface area (Å²) in [5, 5.41) is 0. The second-order valence-corrected chi connectivity index (χ2v) is 7.50. The summed E-state index contributed by atoms with van der Waals surface area (Å²) in [6.07, 6.45) is 4.06. The van der Waals surface area contributed by atoms with Crippen LogP contribution in [0.2, 0.25) is 4.34 Å². The van der Waals surface area contributed by atoms with Gasteiger partial charge in [-0.3, -0.25) is 4.79 Å². The normalized spacial score (nSPS) is 25.9. The molecule has 114 valence electrons. The van der Waals surface area contributed by atoms with Crippen LogP contribution in [0.4, 0.5) is 0 Å². The fraction of sp³-hybridized carbons (Fsp3) is 0.643. The molecule has 1 saturated carbocycles. The van der Waals surface area contributed by atoms with Crippen molar-refractivity contribution in [2.45, 2.75) is 44.7 Å². The second kappa shape index (κ2) is 7.12. The molecule has 0 saturated heterocycles. The molecule has 1 heterocycles. The molecule has 2 atom stereocenters. The smallest absolute Gasteiger partial charge is 0.227 e. The van der Waals surface area contributed by atoms with Crippen LogP contribution in [0, 0.1) is 5.92 Å². The average Bonchev–Trinajstić information content (AvgIpc) is 2.73. The van der Waals surface area contributed by atoms with Gasteiger partial charge in [0, 0.05) is 17.5 Å². The van der Waals surface area contributed by atoms with Crippen molar-refractivity contribution in [3.8, 4) is 0 Å². The molecule has 1 aromatic heterocycles. The lowest BCUT2D eigenvalue weighted by Crippen LogP contribution is -2.52. The number of halogens is 2. The highest BCUT2D eigenvalue weighted by atomic mass is 35.5. The Morgan fingerprint density at radius 1 is 1.55 bits per heavy atom. The van der Waals surface area contributed by atoms with E-state index in [2.05, 4.69) is 0 Å². The number of thiophene rings is 1. The summed E-state index contributed by atoms with van der Waals surface area (Å²) in [6.45, 7) is 2.62. The van der Waals surface area contributed by atoms with E-state index in [-0.39, 0.29) is 29.8 Å². The molecule has 3 nitrogen and oxygen atoms in total. The van der Waals surface area contributed by atoms with Gasteiger partial charge in [-0.15, -0.1) is 23.7 Å². The van der Waals surface area contributed by atoms with Gasteiger partial charge in [0.1, 0.15) is 0 Å². The van der Waals surface area contributed by atoms with E-state index in [1.807, 2.05) is 26.1 Å². The third kappa shape index (κ3) is 4.10. The molecule has 0 aromatic carbocycles. The second-order valence-electron chi connectivity index (χ2n) is 5.70. The van der Waals surface area contributed by atoms with Gasteiger partial charge in [0.2, 0.25) is 5.91 Å². The van der Waals surface area contributed by atoms with Crippen LogP contribution >= 0.6 is 35.3 Å². The minimum absolute atomic E-state index is 0. The number of carbonyl (C=O) groups excluding carboxylic acids is 1. The lowest BCUT2D eigenvalue weighted by molar-refractivity contribution is -0.138. The van der Waals surface area contributed by atoms with Crippen molar-refractivity contribution in [1.29, 1.82) is 0 Å². The van der Waals surface area contributed by atoms with Crippen molar-refractivity contribution >= 4 is 41.3 Å². The molecule has 1 aliphatic carbocycles. The Morgan fingerprint density at radius 2 is 2.25 bits per heavy atom. The quantitative estimate of drug-likeness (QED) is 0.914. The highest BCUT2D eigenvalue weighted by Gasteiger charge is 2.39. The zero-order valence-electron chi connectivity index (χ0n) is 11.9. The number of nitrogens with two attached hydrogens (primary N) is 1. The van der Waals surface area contributed by atoms with Gasteiger partial charge < -0.3 is 10.6 Å². The van der Waals surface area contributed by atoms with Gasteiger partial charge >= 0.3 is 0 Å². The Bertz CT molecular complexity index is 462. The summed E-state index contributed by atoms with van der Waals surface area (Å²) in [6, 6.07) is 3.84. The first-order chi connectivity index (χ1) is 8.90. The molecule has 2 N–H and O–H groups in total. The third-order valence-electron chi connectivity index (χ3n) is 3.95. The standard InChI is InChI=1S/C14H21ClN2OS.ClH/c1-14(16)8-4-3-5-11(14)13(18)17(2)9-10-6-7-12(15)19-10;/h6-7,11H,3-5,8-9,16H2,1-2H3;1H. The summed E-state index contributed by atoms with van der Waals surface area (Å²) in [7, 11) is 1.85. The highest BCUT2D eigenvalue weighted by Crippen LogP contribution is 2.33. The SMILES string of the molecule is CN(Cc1ccc(Cl)s1)C(=O)C1CCCCC1(C)N.Cl. The van der Waals surface area contributed by atoms with Gasteiger partial charge in [-0.2, -0.15) is 0 Å². The van der Waals surface area contributed by atoms with E-state index in [1.165, 1.54) is 11.3 Å². The Labute approximate surface area is 135 Å². The van der Waals surface area contributed by atoms with Crippen molar-refractivity contribution in [2.24, 2.45) is 11.7 Å². The van der Waals surface area contributed by atoms with Gasteiger partial charge in [-0.05, 0) is 31.9 Å². The number of hydrogen-bond acceptors (Lipinski definition) is 3. The summed E-state index contributed by atoms with van der Waals surface area (Å²) in [4.78, 5) is 15.4. The van der Waals surface area contributed by atoms with E-state index in [0.29, 0.717) is 6.54 Å². The van der Waals surface area contributed by atoms with Crippen LogP contribution < -0.4 is 5.73 Å². The van der Waals surface area contributed by atoms with Crippen molar-refractivity contribution < 1.29 is 4.79 Å². The van der Waals surface area contributed by atoms with E-state index < -0.39 is 0 Å². The third-order valence-corrected chi connectivity index (χ3v) is 5.17. The predicted octanol–water partition coefficient (Wildman–Crippen LogP) is 3.69. The van der Waals surface area contributed by atoms with Crippen LogP contribution in [0.25, 0.3) is 0 Å². The number of amides is 1. The minimum atomic E-state index is -0.364. The van der Waals surface area contributed by atoms with Crippen molar-refractivity contribution in [3.63, 3.8) is 0 Å². The molecule has 0 radical (unpaired) electrons. The Hall–Kier alpha value is -0.290. The summed E-state index contributed by atoms with van der Waals surface area (Å²) in [5.74, 6) is 0.107. The number of carbonyl (C=O) groups is 1. The van der Waals surface area contributed by atoms with Crippen LogP contribution in [0.1, 0.15) is 37.5 Å². The molecular formula is C14H22Cl2N2OS. The van der Waals surface area contributed by atoms with Crippen molar-refractivity contribution in [2.75, 3.05) is 7.05 Å². The van der Waals surface area contributed by atoms with Crippen molar-refractivity contribution in [3.05, 3.63) is 21.3 Å². The van der Waals surface area contributed by atoms with Gasteiger partial charge in [-0.1, -0.05) is 24.4 Å². The van der Waals surface area contributed by atoms with E-state index >= 15 is 0 Å². The number of rotatable bonds is 3. The maximum atomic E-state index is 12.5. The number of hydrogen-bond donors (Lipinski definition) is 1. The summed E-state index contributed by atoms with van der Waals surface area (Å²) in [5.41, 5.74) is 5.93. The van der Waals surface area contributed by atoms with Crippen LogP contribution in [0.5, 0.6) is 0 Å². The van der Waals surface area contributed by atoms with Gasteiger partial charge in [-0.25, -0.2) is 0 Å². The van der Waals surface area contributed by atoms with Gasteiger partial charge in [0.25, 0.3) is 0 Å². The fourth-order valence-corrected chi connectivity index (χ4v) is 3.92. The molecular weight excluding hydrogens is 315 g/mol. The maximum Gasteiger partial charge on any atom is 0.227 e. The Balaban J connectivity index is 0.00000200. The maximum absolute atomic E-state index is 12.5. The Kier molecular flexibility index (Phi) is 6.32. The first-order valence-electron chi connectivity index (χ1n) is 6.68. The largest absolute Gasteiger partial charge is 0.340 e. The summed E-state index contributed by atoms with van der Waals surface area (Å²) >= 11 is 7.43. The van der Waals surface area contributed by atoms with Crippen LogP contribution in [0.3, 0.4) is 0 Å². The molecule has 1 fully saturated rings. The Morgan fingerprint density at radius 3 is 2.80 bits per heavy atom. The topological polar surface area (TPSA) is 46.3 Å². The average molecular weight is 337 g/mol. The molecule has 20 heavy (non-hydrogen) atoms. The highest BCUT2D eigenvalue weighted by molar-refractivity contribution is 7.16. The molecule has 2 rings (SSSR count). The molecule has 1 aliphatic rings. The number of nitrogens with zero attached hydrogens (tertiary/aromatic N) is 1. The predicted molar refractivity (Wildman–Crippen MR) is 87.6 cm³/mol. The van der Waals surface area contributed by atoms with E-state index in [0.717, 1.165) is 34.9 Å². The van der Waals surface area contributed by atoms with E-state index in [9.17, 15) is 4.79 Å². The molecule has 0 aliphatic heterocycles. The zero-order chi connectivity index (χ0) is 14.0. The van der Waals surface area contributed by atoms with Gasteiger partial charge in [0.05, 0.1) is 16.8 Å². The van der Waals surface area contributed by atoms with Crippen molar-refractivity contribution in [1.82, 2.24) is 4.90 Å². The lowest BCUT2D eigenvalue weighted by Gasteiger charge is -2.39. The molecule has 0 bridgehead atoms. The van der Waals surface area contributed by atoms with Gasteiger partial charge in [0.15, 0.2) is 0 Å². The van der Waals surface area contributed by atoms with E-state index in [4.69, 9.17) is 17.3 Å². The molecule has 0 spiro atoms. The molecule has 2 unspecified atom stereocenters. The van der Waals surface area contributed by atoms with Crippen LogP contribution in [0.15, 0.2) is 12.1 Å². The molecule has 1 amide bonds. The zero-order valence-corrected chi connectivity index (χ0v) is 14.3. The van der Waals surface area contributed by atoms with Crippen LogP contribution in [-0.2, 0) is 11.3 Å². The molecule has 1 aromatic rings. The van der Waals surface area contributed by atoms with E-state index in [1.54, 1.807) is 4.90 Å². The van der Waals surface area contributed by atoms with Crippen LogP contribution in [-0.4, -0.2) is 23.4 Å². The lowest BCUT2D eigenvalue weighted by atomic mass is 9.74. The first kappa shape index (κ1) is 17.8. The molecule has 6 heteroatoms. The summed E-state index contributed by atoms with van der Waals surface area (Å²) < 4.78 is 0.761. The fourth-order valence-electron chi connectivity index (χ4n) is 2.78. The first-order valence-corrected chi connectivity index (χ1v) is 7.87.